The van der Waals surface area contributed by atoms with Crippen molar-refractivity contribution < 1.29 is 4.39 Å². The first-order chi connectivity index (χ1) is 10.7. The second-order valence-corrected chi connectivity index (χ2v) is 4.94. The molecule has 0 aliphatic carbocycles. The predicted molar refractivity (Wildman–Crippen MR) is 79.8 cm³/mol. The number of H-pyrrole nitrogens is 2. The second kappa shape index (κ2) is 4.76. The molecule has 3 aromatic heterocycles. The number of benzene rings is 1. The standard InChI is InChI=1S/C14H12FN7/c1-7(12-21-9-4-2-3-8(15)10(9)22-12)20-14-11-13(17-5-16-11)18-6-19-14/h2-7H,1H3,(H,21,22)(H2,16,17,18,19,20)/t7-/m0/s1. The van der Waals surface area contributed by atoms with Crippen LogP contribution in [-0.2, 0) is 0 Å². The molecular formula is C14H12FN7. The van der Waals surface area contributed by atoms with E-state index in [-0.39, 0.29) is 11.9 Å². The highest BCUT2D eigenvalue weighted by molar-refractivity contribution is 5.82. The topological polar surface area (TPSA) is 95.2 Å². The number of hydrogen-bond donors (Lipinski definition) is 3. The molecule has 0 radical (unpaired) electrons. The van der Waals surface area contributed by atoms with Crippen molar-refractivity contribution in [1.82, 2.24) is 29.9 Å². The fourth-order valence-electron chi connectivity index (χ4n) is 2.36. The van der Waals surface area contributed by atoms with Crippen LogP contribution in [0.25, 0.3) is 22.2 Å². The van der Waals surface area contributed by atoms with Gasteiger partial charge in [0.1, 0.15) is 29.0 Å². The summed E-state index contributed by atoms with van der Waals surface area (Å²) in [6.07, 6.45) is 3.01. The van der Waals surface area contributed by atoms with E-state index in [9.17, 15) is 4.39 Å². The van der Waals surface area contributed by atoms with Crippen molar-refractivity contribution in [3.8, 4) is 0 Å². The van der Waals surface area contributed by atoms with E-state index in [0.29, 0.717) is 33.8 Å². The minimum absolute atomic E-state index is 0.193. The highest BCUT2D eigenvalue weighted by Crippen LogP contribution is 2.23. The summed E-state index contributed by atoms with van der Waals surface area (Å²) in [4.78, 5) is 22.8. The molecule has 0 spiro atoms. The molecule has 1 aromatic carbocycles. The lowest BCUT2D eigenvalue weighted by Crippen LogP contribution is -2.10. The van der Waals surface area contributed by atoms with Gasteiger partial charge >= 0.3 is 0 Å². The number of halogens is 1. The third-order valence-corrected chi connectivity index (χ3v) is 3.47. The normalized spacial score (nSPS) is 12.8. The summed E-state index contributed by atoms with van der Waals surface area (Å²) >= 11 is 0. The number of imidazole rings is 2. The van der Waals surface area contributed by atoms with Gasteiger partial charge in [-0.15, -0.1) is 0 Å². The minimum atomic E-state index is -0.319. The van der Waals surface area contributed by atoms with Crippen LogP contribution in [0.15, 0.2) is 30.9 Å². The van der Waals surface area contributed by atoms with Crippen LogP contribution in [0, 0.1) is 5.82 Å². The van der Waals surface area contributed by atoms with Crippen molar-refractivity contribution in [3.05, 3.63) is 42.5 Å². The van der Waals surface area contributed by atoms with Gasteiger partial charge in [-0.2, -0.15) is 0 Å². The minimum Gasteiger partial charge on any atom is -0.358 e. The summed E-state index contributed by atoms with van der Waals surface area (Å²) in [6, 6.07) is 4.61. The Bertz CT molecular complexity index is 958. The quantitative estimate of drug-likeness (QED) is 0.540. The van der Waals surface area contributed by atoms with Gasteiger partial charge in [0.25, 0.3) is 0 Å². The summed E-state index contributed by atoms with van der Waals surface area (Å²) in [6.45, 7) is 1.91. The molecule has 22 heavy (non-hydrogen) atoms. The molecule has 0 aliphatic rings. The number of rotatable bonds is 3. The third kappa shape index (κ3) is 1.96. The van der Waals surface area contributed by atoms with Crippen molar-refractivity contribution in [2.75, 3.05) is 5.32 Å². The van der Waals surface area contributed by atoms with Gasteiger partial charge in [-0.3, -0.25) is 0 Å². The van der Waals surface area contributed by atoms with Gasteiger partial charge < -0.3 is 15.3 Å². The molecule has 0 saturated carbocycles. The molecule has 0 aliphatic heterocycles. The van der Waals surface area contributed by atoms with Gasteiger partial charge in [0.05, 0.1) is 17.9 Å². The maximum Gasteiger partial charge on any atom is 0.162 e. The van der Waals surface area contributed by atoms with E-state index in [2.05, 4.69) is 35.2 Å². The SMILES string of the molecule is C[C@H](Nc1ncnc2[nH]cnc12)c1nc2cccc(F)c2[nH]1. The number of para-hydroxylation sites is 1. The van der Waals surface area contributed by atoms with Crippen LogP contribution in [0.3, 0.4) is 0 Å². The van der Waals surface area contributed by atoms with E-state index >= 15 is 0 Å². The van der Waals surface area contributed by atoms with Gasteiger partial charge in [0.15, 0.2) is 11.5 Å². The number of nitrogens with zero attached hydrogens (tertiary/aromatic N) is 4. The zero-order chi connectivity index (χ0) is 15.1. The summed E-state index contributed by atoms with van der Waals surface area (Å²) in [5.41, 5.74) is 2.30. The monoisotopic (exact) mass is 297 g/mol. The predicted octanol–water partition coefficient (Wildman–Crippen LogP) is 2.54. The average molecular weight is 297 g/mol. The summed E-state index contributed by atoms with van der Waals surface area (Å²) in [5.74, 6) is 0.905. The maximum absolute atomic E-state index is 13.7. The van der Waals surface area contributed by atoms with E-state index in [0.717, 1.165) is 0 Å². The van der Waals surface area contributed by atoms with E-state index < -0.39 is 0 Å². The number of aromatic amines is 2. The van der Waals surface area contributed by atoms with Crippen LogP contribution < -0.4 is 5.32 Å². The molecule has 0 saturated heterocycles. The molecule has 3 N–H and O–H groups in total. The van der Waals surface area contributed by atoms with Crippen molar-refractivity contribution in [2.24, 2.45) is 0 Å². The van der Waals surface area contributed by atoms with Crippen molar-refractivity contribution in [3.63, 3.8) is 0 Å². The number of nitrogens with one attached hydrogen (secondary N) is 3. The lowest BCUT2D eigenvalue weighted by Gasteiger charge is -2.11. The van der Waals surface area contributed by atoms with E-state index in [4.69, 9.17) is 0 Å². The van der Waals surface area contributed by atoms with Gasteiger partial charge in [-0.1, -0.05) is 6.07 Å². The largest absolute Gasteiger partial charge is 0.358 e. The first-order valence-electron chi connectivity index (χ1n) is 6.77. The van der Waals surface area contributed by atoms with Gasteiger partial charge in [0, 0.05) is 0 Å². The van der Waals surface area contributed by atoms with E-state index in [1.807, 2.05) is 6.92 Å². The van der Waals surface area contributed by atoms with Crippen LogP contribution in [0.1, 0.15) is 18.8 Å². The van der Waals surface area contributed by atoms with Gasteiger partial charge in [-0.05, 0) is 19.1 Å². The molecule has 7 nitrogen and oxygen atoms in total. The summed E-state index contributed by atoms with van der Waals surface area (Å²) < 4.78 is 13.7. The van der Waals surface area contributed by atoms with Crippen LogP contribution in [-0.4, -0.2) is 29.9 Å². The fraction of sp³-hybridized carbons (Fsp3) is 0.143. The molecule has 4 aromatic rings. The van der Waals surface area contributed by atoms with Crippen LogP contribution in [0.5, 0.6) is 0 Å². The Balaban J connectivity index is 1.70. The first kappa shape index (κ1) is 12.7. The molecule has 0 amide bonds. The molecule has 3 heterocycles. The molecule has 8 heteroatoms. The Labute approximate surface area is 124 Å². The zero-order valence-corrected chi connectivity index (χ0v) is 11.6. The number of aromatic nitrogens is 6. The molecule has 110 valence electrons. The van der Waals surface area contributed by atoms with Gasteiger partial charge in [0.2, 0.25) is 0 Å². The maximum atomic E-state index is 13.7. The molecule has 0 fully saturated rings. The lowest BCUT2D eigenvalue weighted by atomic mass is 10.3. The Morgan fingerprint density at radius 3 is 3.00 bits per heavy atom. The fourth-order valence-corrected chi connectivity index (χ4v) is 2.36. The van der Waals surface area contributed by atoms with Crippen molar-refractivity contribution in [1.29, 1.82) is 0 Å². The summed E-state index contributed by atoms with van der Waals surface area (Å²) in [7, 11) is 0. The molecule has 4 rings (SSSR count). The number of anilines is 1. The number of hydrogen-bond acceptors (Lipinski definition) is 5. The van der Waals surface area contributed by atoms with Crippen LogP contribution in [0.2, 0.25) is 0 Å². The Kier molecular flexibility index (Phi) is 2.75. The third-order valence-electron chi connectivity index (χ3n) is 3.47. The Hall–Kier alpha value is -3.03. The smallest absolute Gasteiger partial charge is 0.162 e. The first-order valence-corrected chi connectivity index (χ1v) is 6.77. The number of fused-ring (bicyclic) bond motifs is 2. The Morgan fingerprint density at radius 1 is 1.23 bits per heavy atom. The van der Waals surface area contributed by atoms with Crippen molar-refractivity contribution in [2.45, 2.75) is 13.0 Å². The van der Waals surface area contributed by atoms with Crippen LogP contribution >= 0.6 is 0 Å². The second-order valence-electron chi connectivity index (χ2n) is 4.94. The molecule has 0 unspecified atom stereocenters. The highest BCUT2D eigenvalue weighted by atomic mass is 19.1. The van der Waals surface area contributed by atoms with E-state index in [1.165, 1.54) is 12.4 Å². The lowest BCUT2D eigenvalue weighted by molar-refractivity contribution is 0.636. The van der Waals surface area contributed by atoms with Crippen LogP contribution in [0.4, 0.5) is 10.2 Å². The molecular weight excluding hydrogens is 285 g/mol. The molecule has 0 bridgehead atoms. The molecule has 1 atom stereocenters. The summed E-state index contributed by atoms with van der Waals surface area (Å²) in [5, 5.41) is 3.22. The van der Waals surface area contributed by atoms with E-state index in [1.54, 1.807) is 18.5 Å². The highest BCUT2D eigenvalue weighted by Gasteiger charge is 2.15. The Morgan fingerprint density at radius 2 is 2.14 bits per heavy atom. The van der Waals surface area contributed by atoms with Crippen molar-refractivity contribution >= 4 is 28.0 Å². The zero-order valence-electron chi connectivity index (χ0n) is 11.6. The van der Waals surface area contributed by atoms with Gasteiger partial charge in [-0.25, -0.2) is 24.3 Å². The average Bonchev–Trinajstić information content (AvgIpc) is 3.14.